The summed E-state index contributed by atoms with van der Waals surface area (Å²) < 4.78 is 1.82. The summed E-state index contributed by atoms with van der Waals surface area (Å²) in [6.45, 7) is 3.89. The maximum Gasteiger partial charge on any atom is 0.236 e. The summed E-state index contributed by atoms with van der Waals surface area (Å²) in [4.78, 5) is 17.5. The zero-order chi connectivity index (χ0) is 18.0. The largest absolute Gasteiger partial charge is 0.508 e. The molecule has 0 saturated carbocycles. The van der Waals surface area contributed by atoms with E-state index in [4.69, 9.17) is 0 Å². The monoisotopic (exact) mass is 375 g/mol. The highest BCUT2D eigenvalue weighted by Crippen LogP contribution is 2.25. The molecule has 25 heavy (non-hydrogen) atoms. The number of hydrogen-bond acceptors (Lipinski definition) is 7. The Morgan fingerprint density at radius 2 is 2.00 bits per heavy atom. The fraction of sp³-hybridized carbons (Fsp3) is 0.250. The SMILES string of the molecule is Cc1nc(NC(=O)CSc2nnc(-c3ccc(O)cc3)n2C)sc1C. The molecule has 2 heterocycles. The normalized spacial score (nSPS) is 10.8. The summed E-state index contributed by atoms with van der Waals surface area (Å²) in [5.41, 5.74) is 1.78. The molecule has 9 heteroatoms. The Bertz CT molecular complexity index is 882. The summed E-state index contributed by atoms with van der Waals surface area (Å²) in [5.74, 6) is 0.964. The molecule has 3 rings (SSSR count). The predicted octanol–water partition coefficient (Wildman–Crippen LogP) is 2.99. The maximum atomic E-state index is 12.1. The molecule has 0 atom stereocenters. The van der Waals surface area contributed by atoms with Crippen LogP contribution in [-0.2, 0) is 11.8 Å². The molecule has 1 amide bonds. The highest BCUT2D eigenvalue weighted by atomic mass is 32.2. The van der Waals surface area contributed by atoms with E-state index in [2.05, 4.69) is 20.5 Å². The number of aromatic nitrogens is 4. The van der Waals surface area contributed by atoms with E-state index in [0.717, 1.165) is 16.1 Å². The van der Waals surface area contributed by atoms with Crippen LogP contribution in [-0.4, -0.2) is 36.5 Å². The Morgan fingerprint density at radius 3 is 2.64 bits per heavy atom. The average molecular weight is 375 g/mol. The first-order valence-electron chi connectivity index (χ1n) is 7.49. The van der Waals surface area contributed by atoms with Crippen molar-refractivity contribution in [1.29, 1.82) is 0 Å². The van der Waals surface area contributed by atoms with Gasteiger partial charge in [-0.25, -0.2) is 4.98 Å². The Kier molecular flexibility index (Phi) is 5.05. The third-order valence-electron chi connectivity index (χ3n) is 3.57. The van der Waals surface area contributed by atoms with Crippen molar-refractivity contribution in [2.24, 2.45) is 7.05 Å². The number of phenols is 1. The number of aryl methyl sites for hydroxylation is 2. The Balaban J connectivity index is 1.63. The lowest BCUT2D eigenvalue weighted by Gasteiger charge is -2.04. The van der Waals surface area contributed by atoms with Crippen LogP contribution in [0.3, 0.4) is 0 Å². The van der Waals surface area contributed by atoms with Crippen molar-refractivity contribution in [2.75, 3.05) is 11.1 Å². The van der Waals surface area contributed by atoms with Gasteiger partial charge in [0.1, 0.15) is 5.75 Å². The minimum Gasteiger partial charge on any atom is -0.508 e. The molecule has 0 aliphatic heterocycles. The zero-order valence-electron chi connectivity index (χ0n) is 14.0. The molecule has 0 saturated heterocycles. The number of nitrogens with zero attached hydrogens (tertiary/aromatic N) is 4. The Labute approximate surface area is 153 Å². The topological polar surface area (TPSA) is 92.9 Å². The van der Waals surface area contributed by atoms with Gasteiger partial charge in [0.05, 0.1) is 11.4 Å². The van der Waals surface area contributed by atoms with Gasteiger partial charge in [-0.2, -0.15) is 0 Å². The summed E-state index contributed by atoms with van der Waals surface area (Å²) in [6.07, 6.45) is 0. The number of thioether (sulfide) groups is 1. The summed E-state index contributed by atoms with van der Waals surface area (Å²) in [7, 11) is 1.84. The number of phenolic OH excluding ortho intramolecular Hbond substituents is 1. The number of amides is 1. The maximum absolute atomic E-state index is 12.1. The molecule has 2 aromatic heterocycles. The number of rotatable bonds is 5. The van der Waals surface area contributed by atoms with E-state index in [1.54, 1.807) is 24.3 Å². The van der Waals surface area contributed by atoms with E-state index in [9.17, 15) is 9.90 Å². The molecular formula is C16H17N5O2S2. The van der Waals surface area contributed by atoms with Crippen molar-refractivity contribution in [3.63, 3.8) is 0 Å². The van der Waals surface area contributed by atoms with Gasteiger partial charge in [0.25, 0.3) is 0 Å². The van der Waals surface area contributed by atoms with Crippen LogP contribution in [0.5, 0.6) is 5.75 Å². The molecule has 2 N–H and O–H groups in total. The van der Waals surface area contributed by atoms with Crippen LogP contribution in [0.1, 0.15) is 10.6 Å². The van der Waals surface area contributed by atoms with Crippen molar-refractivity contribution < 1.29 is 9.90 Å². The fourth-order valence-electron chi connectivity index (χ4n) is 2.11. The molecule has 1 aromatic carbocycles. The zero-order valence-corrected chi connectivity index (χ0v) is 15.6. The van der Waals surface area contributed by atoms with Gasteiger partial charge in [-0.15, -0.1) is 21.5 Å². The van der Waals surface area contributed by atoms with Gasteiger partial charge in [-0.05, 0) is 38.1 Å². The van der Waals surface area contributed by atoms with Crippen LogP contribution in [0.15, 0.2) is 29.4 Å². The number of thiazole rings is 1. The second-order valence-corrected chi connectivity index (χ2v) is 7.56. The van der Waals surface area contributed by atoms with Gasteiger partial charge in [-0.3, -0.25) is 4.79 Å². The van der Waals surface area contributed by atoms with E-state index in [0.29, 0.717) is 16.1 Å². The first-order valence-corrected chi connectivity index (χ1v) is 9.29. The van der Waals surface area contributed by atoms with Crippen LogP contribution in [0.4, 0.5) is 5.13 Å². The minimum absolute atomic E-state index is 0.132. The molecule has 0 aliphatic rings. The van der Waals surface area contributed by atoms with E-state index in [-0.39, 0.29) is 17.4 Å². The fourth-order valence-corrected chi connectivity index (χ4v) is 3.66. The van der Waals surface area contributed by atoms with Gasteiger partial charge in [-0.1, -0.05) is 11.8 Å². The number of nitrogens with one attached hydrogen (secondary N) is 1. The van der Waals surface area contributed by atoms with Crippen molar-refractivity contribution >= 4 is 34.1 Å². The molecule has 0 unspecified atom stereocenters. The number of carbonyl (C=O) groups excluding carboxylic acids is 1. The number of aromatic hydroxyl groups is 1. The van der Waals surface area contributed by atoms with Crippen LogP contribution in [0.25, 0.3) is 11.4 Å². The summed E-state index contributed by atoms with van der Waals surface area (Å²) >= 11 is 2.77. The van der Waals surface area contributed by atoms with Crippen molar-refractivity contribution in [1.82, 2.24) is 19.7 Å². The van der Waals surface area contributed by atoms with E-state index < -0.39 is 0 Å². The number of carbonyl (C=O) groups is 1. The molecule has 7 nitrogen and oxygen atoms in total. The van der Waals surface area contributed by atoms with E-state index in [1.807, 2.05) is 25.5 Å². The van der Waals surface area contributed by atoms with Crippen LogP contribution >= 0.6 is 23.1 Å². The molecule has 0 fully saturated rings. The van der Waals surface area contributed by atoms with E-state index in [1.165, 1.54) is 23.1 Å². The third kappa shape index (κ3) is 3.99. The highest BCUT2D eigenvalue weighted by molar-refractivity contribution is 7.99. The molecule has 0 radical (unpaired) electrons. The Morgan fingerprint density at radius 1 is 1.28 bits per heavy atom. The average Bonchev–Trinajstić information content (AvgIpc) is 3.09. The lowest BCUT2D eigenvalue weighted by molar-refractivity contribution is -0.113. The molecule has 0 bridgehead atoms. The minimum atomic E-state index is -0.132. The third-order valence-corrected chi connectivity index (χ3v) is 5.58. The van der Waals surface area contributed by atoms with Crippen molar-refractivity contribution in [3.8, 4) is 17.1 Å². The van der Waals surface area contributed by atoms with Gasteiger partial charge in [0, 0.05) is 17.5 Å². The van der Waals surface area contributed by atoms with Crippen molar-refractivity contribution in [2.45, 2.75) is 19.0 Å². The molecule has 3 aromatic rings. The van der Waals surface area contributed by atoms with Gasteiger partial charge >= 0.3 is 0 Å². The predicted molar refractivity (Wildman–Crippen MR) is 99.0 cm³/mol. The molecule has 0 aliphatic carbocycles. The molecular weight excluding hydrogens is 358 g/mol. The van der Waals surface area contributed by atoms with Crippen LogP contribution in [0.2, 0.25) is 0 Å². The number of hydrogen-bond donors (Lipinski definition) is 2. The standard InChI is InChI=1S/C16H17N5O2S2/c1-9-10(2)25-15(17-9)18-13(23)8-24-16-20-19-14(21(16)3)11-4-6-12(22)7-5-11/h4-7,22H,8H2,1-3H3,(H,17,18,23). The summed E-state index contributed by atoms with van der Waals surface area (Å²) in [6, 6.07) is 6.74. The quantitative estimate of drug-likeness (QED) is 0.666. The second kappa shape index (κ2) is 7.24. The van der Waals surface area contributed by atoms with E-state index >= 15 is 0 Å². The summed E-state index contributed by atoms with van der Waals surface area (Å²) in [5, 5.41) is 21.7. The molecule has 0 spiro atoms. The van der Waals surface area contributed by atoms with Gasteiger partial charge in [0.15, 0.2) is 16.1 Å². The first kappa shape index (κ1) is 17.4. The van der Waals surface area contributed by atoms with Crippen LogP contribution < -0.4 is 5.32 Å². The second-order valence-electron chi connectivity index (χ2n) is 5.41. The lowest BCUT2D eigenvalue weighted by Crippen LogP contribution is -2.14. The smallest absolute Gasteiger partial charge is 0.236 e. The number of benzene rings is 1. The van der Waals surface area contributed by atoms with Crippen molar-refractivity contribution in [3.05, 3.63) is 34.8 Å². The highest BCUT2D eigenvalue weighted by Gasteiger charge is 2.14. The Hall–Kier alpha value is -2.39. The first-order chi connectivity index (χ1) is 11.9. The molecule has 130 valence electrons. The van der Waals surface area contributed by atoms with Gasteiger partial charge < -0.3 is 15.0 Å². The van der Waals surface area contributed by atoms with Crippen LogP contribution in [0, 0.1) is 13.8 Å². The lowest BCUT2D eigenvalue weighted by atomic mass is 10.2. The van der Waals surface area contributed by atoms with Gasteiger partial charge in [0.2, 0.25) is 5.91 Å². The number of anilines is 1.